The second-order valence-electron chi connectivity index (χ2n) is 8.61. The molecule has 0 radical (unpaired) electrons. The lowest BCUT2D eigenvalue weighted by atomic mass is 9.95. The minimum absolute atomic E-state index is 0.342. The standard InChI is InChI=1S/C24H37N3O3/c1-3-26-13-7-10-22(26)19-27(24(29)23(28)21-8-5-4-6-9-21)18-20-11-14-25(15-12-20)16-17-30-2/h4-6,8-9,20,22H,3,7,10-19H2,1-2H3. The number of ether oxygens (including phenoxy) is 1. The lowest BCUT2D eigenvalue weighted by Gasteiger charge is -2.36. The average Bonchev–Trinajstić information content (AvgIpc) is 3.25. The average molecular weight is 416 g/mol. The summed E-state index contributed by atoms with van der Waals surface area (Å²) in [5.74, 6) is -0.270. The highest BCUT2D eigenvalue weighted by atomic mass is 16.5. The molecule has 0 bridgehead atoms. The number of hydrogen-bond donors (Lipinski definition) is 0. The van der Waals surface area contributed by atoms with Crippen LogP contribution >= 0.6 is 0 Å². The topological polar surface area (TPSA) is 53.1 Å². The minimum atomic E-state index is -0.380. The Hall–Kier alpha value is -1.76. The van der Waals surface area contributed by atoms with Gasteiger partial charge in [-0.1, -0.05) is 37.3 Å². The summed E-state index contributed by atoms with van der Waals surface area (Å²) in [6.45, 7) is 9.40. The van der Waals surface area contributed by atoms with Gasteiger partial charge in [0.25, 0.3) is 5.91 Å². The SMILES string of the molecule is CCN1CCCC1CN(CC1CCN(CCOC)CC1)C(=O)C(=O)c1ccccc1. The fourth-order valence-corrected chi connectivity index (χ4v) is 4.79. The Balaban J connectivity index is 1.65. The summed E-state index contributed by atoms with van der Waals surface area (Å²) in [6, 6.07) is 9.34. The highest BCUT2D eigenvalue weighted by Gasteiger charge is 2.32. The van der Waals surface area contributed by atoms with E-state index >= 15 is 0 Å². The first-order valence-corrected chi connectivity index (χ1v) is 11.5. The molecule has 2 saturated heterocycles. The van der Waals surface area contributed by atoms with Crippen molar-refractivity contribution in [1.29, 1.82) is 0 Å². The number of likely N-dealkylation sites (tertiary alicyclic amines) is 2. The predicted molar refractivity (Wildman–Crippen MR) is 119 cm³/mol. The molecule has 6 nitrogen and oxygen atoms in total. The molecule has 2 fully saturated rings. The molecule has 1 aromatic carbocycles. The number of hydrogen-bond acceptors (Lipinski definition) is 5. The van der Waals surface area contributed by atoms with Gasteiger partial charge in [0.15, 0.2) is 0 Å². The summed E-state index contributed by atoms with van der Waals surface area (Å²) in [5, 5.41) is 0. The Morgan fingerprint density at radius 1 is 1.07 bits per heavy atom. The third-order valence-corrected chi connectivity index (χ3v) is 6.65. The van der Waals surface area contributed by atoms with E-state index in [0.29, 0.717) is 30.6 Å². The molecule has 0 saturated carbocycles. The first-order valence-electron chi connectivity index (χ1n) is 11.5. The summed E-state index contributed by atoms with van der Waals surface area (Å²) in [5.41, 5.74) is 0.487. The van der Waals surface area contributed by atoms with Gasteiger partial charge in [0, 0.05) is 38.3 Å². The quantitative estimate of drug-likeness (QED) is 0.434. The summed E-state index contributed by atoms with van der Waals surface area (Å²) in [4.78, 5) is 32.9. The van der Waals surface area contributed by atoms with Crippen molar-refractivity contribution in [3.05, 3.63) is 35.9 Å². The Kier molecular flexibility index (Phi) is 8.85. The molecule has 2 heterocycles. The van der Waals surface area contributed by atoms with Crippen LogP contribution in [0.4, 0.5) is 0 Å². The van der Waals surface area contributed by atoms with Crippen molar-refractivity contribution >= 4 is 11.7 Å². The van der Waals surface area contributed by atoms with Crippen LogP contribution in [0.15, 0.2) is 30.3 Å². The molecule has 1 unspecified atom stereocenters. The second kappa shape index (κ2) is 11.6. The fourth-order valence-electron chi connectivity index (χ4n) is 4.79. The van der Waals surface area contributed by atoms with Gasteiger partial charge in [-0.2, -0.15) is 0 Å². The van der Waals surface area contributed by atoms with E-state index in [0.717, 1.165) is 58.6 Å². The van der Waals surface area contributed by atoms with Gasteiger partial charge in [-0.05, 0) is 57.8 Å². The van der Waals surface area contributed by atoms with E-state index < -0.39 is 0 Å². The highest BCUT2D eigenvalue weighted by Crippen LogP contribution is 2.22. The van der Waals surface area contributed by atoms with Crippen molar-refractivity contribution in [3.63, 3.8) is 0 Å². The summed E-state index contributed by atoms with van der Waals surface area (Å²) in [7, 11) is 1.74. The maximum Gasteiger partial charge on any atom is 0.295 e. The molecule has 6 heteroatoms. The van der Waals surface area contributed by atoms with Gasteiger partial charge in [0.2, 0.25) is 5.78 Å². The number of likely N-dealkylation sites (N-methyl/N-ethyl adjacent to an activating group) is 1. The van der Waals surface area contributed by atoms with Crippen LogP contribution in [-0.2, 0) is 9.53 Å². The lowest BCUT2D eigenvalue weighted by molar-refractivity contribution is -0.128. The zero-order chi connectivity index (χ0) is 21.3. The molecule has 1 atom stereocenters. The Morgan fingerprint density at radius 2 is 1.80 bits per heavy atom. The van der Waals surface area contributed by atoms with Crippen molar-refractivity contribution in [2.75, 3.05) is 59.5 Å². The van der Waals surface area contributed by atoms with E-state index in [1.54, 1.807) is 19.2 Å². The monoisotopic (exact) mass is 415 g/mol. The Morgan fingerprint density at radius 3 is 2.47 bits per heavy atom. The van der Waals surface area contributed by atoms with E-state index in [1.807, 2.05) is 23.1 Å². The van der Waals surface area contributed by atoms with E-state index in [1.165, 1.54) is 6.42 Å². The predicted octanol–water partition coefficient (Wildman–Crippen LogP) is 2.54. The van der Waals surface area contributed by atoms with Gasteiger partial charge in [-0.25, -0.2) is 0 Å². The van der Waals surface area contributed by atoms with Crippen LogP contribution in [0.3, 0.4) is 0 Å². The van der Waals surface area contributed by atoms with E-state index in [4.69, 9.17) is 4.74 Å². The number of carbonyl (C=O) groups is 2. The second-order valence-corrected chi connectivity index (χ2v) is 8.61. The van der Waals surface area contributed by atoms with Gasteiger partial charge in [0.1, 0.15) is 0 Å². The number of carbonyl (C=O) groups excluding carboxylic acids is 2. The highest BCUT2D eigenvalue weighted by molar-refractivity contribution is 6.42. The molecule has 0 aliphatic carbocycles. The lowest BCUT2D eigenvalue weighted by Crippen LogP contribution is -2.48. The molecule has 2 aliphatic heterocycles. The molecule has 166 valence electrons. The Labute approximate surface area is 181 Å². The fraction of sp³-hybridized carbons (Fsp3) is 0.667. The maximum atomic E-state index is 13.2. The molecular weight excluding hydrogens is 378 g/mol. The third kappa shape index (κ3) is 6.13. The number of ketones is 1. The summed E-state index contributed by atoms with van der Waals surface area (Å²) in [6.07, 6.45) is 4.40. The van der Waals surface area contributed by atoms with E-state index in [2.05, 4.69) is 16.7 Å². The van der Waals surface area contributed by atoms with Gasteiger partial charge < -0.3 is 14.5 Å². The molecule has 3 rings (SSSR count). The third-order valence-electron chi connectivity index (χ3n) is 6.65. The van der Waals surface area contributed by atoms with Gasteiger partial charge in [-0.3, -0.25) is 14.5 Å². The molecule has 2 aliphatic rings. The number of piperidine rings is 1. The van der Waals surface area contributed by atoms with Crippen molar-refractivity contribution in [3.8, 4) is 0 Å². The number of amides is 1. The van der Waals surface area contributed by atoms with Gasteiger partial charge >= 0.3 is 0 Å². The van der Waals surface area contributed by atoms with Crippen LogP contribution in [0.25, 0.3) is 0 Å². The smallest absolute Gasteiger partial charge is 0.295 e. The maximum absolute atomic E-state index is 13.2. The number of methoxy groups -OCH3 is 1. The minimum Gasteiger partial charge on any atom is -0.383 e. The van der Waals surface area contributed by atoms with Crippen LogP contribution < -0.4 is 0 Å². The molecular formula is C24H37N3O3. The van der Waals surface area contributed by atoms with E-state index in [-0.39, 0.29) is 11.7 Å². The Bertz CT molecular complexity index is 674. The summed E-state index contributed by atoms with van der Waals surface area (Å²) < 4.78 is 5.19. The van der Waals surface area contributed by atoms with E-state index in [9.17, 15) is 9.59 Å². The first-order chi connectivity index (χ1) is 14.6. The molecule has 1 aromatic rings. The largest absolute Gasteiger partial charge is 0.383 e. The zero-order valence-corrected chi connectivity index (χ0v) is 18.6. The number of nitrogens with zero attached hydrogens (tertiary/aromatic N) is 3. The van der Waals surface area contributed by atoms with Crippen molar-refractivity contribution < 1.29 is 14.3 Å². The van der Waals surface area contributed by atoms with Crippen LogP contribution in [-0.4, -0.2) is 92.0 Å². The van der Waals surface area contributed by atoms with Crippen molar-refractivity contribution in [1.82, 2.24) is 14.7 Å². The number of rotatable bonds is 10. The first kappa shape index (κ1) is 22.9. The van der Waals surface area contributed by atoms with Gasteiger partial charge in [0.05, 0.1) is 6.61 Å². The van der Waals surface area contributed by atoms with Crippen molar-refractivity contribution in [2.24, 2.45) is 5.92 Å². The normalized spacial score (nSPS) is 21.1. The molecule has 1 amide bonds. The van der Waals surface area contributed by atoms with Crippen LogP contribution in [0.2, 0.25) is 0 Å². The van der Waals surface area contributed by atoms with Gasteiger partial charge in [-0.15, -0.1) is 0 Å². The molecule has 0 aromatic heterocycles. The van der Waals surface area contributed by atoms with Crippen LogP contribution in [0.5, 0.6) is 0 Å². The number of Topliss-reactive ketones (excluding diaryl/α,β-unsaturated/α-hetero) is 1. The molecule has 30 heavy (non-hydrogen) atoms. The van der Waals surface area contributed by atoms with Crippen LogP contribution in [0.1, 0.15) is 43.0 Å². The number of benzene rings is 1. The summed E-state index contributed by atoms with van der Waals surface area (Å²) >= 11 is 0. The van der Waals surface area contributed by atoms with Crippen molar-refractivity contribution in [2.45, 2.75) is 38.6 Å². The van der Waals surface area contributed by atoms with Crippen LogP contribution in [0, 0.1) is 5.92 Å². The molecule has 0 N–H and O–H groups in total. The molecule has 0 spiro atoms. The zero-order valence-electron chi connectivity index (χ0n) is 18.6.